The van der Waals surface area contributed by atoms with Crippen LogP contribution in [0.3, 0.4) is 0 Å². The van der Waals surface area contributed by atoms with Gasteiger partial charge in [-0.3, -0.25) is 0 Å². The molecule has 52 heavy (non-hydrogen) atoms. The summed E-state index contributed by atoms with van der Waals surface area (Å²) in [6, 6.07) is 22.8. The molecule has 0 atom stereocenters. The van der Waals surface area contributed by atoms with Gasteiger partial charge in [0.05, 0.1) is 0 Å². The second-order valence-corrected chi connectivity index (χ2v) is 95.9. The maximum absolute atomic E-state index is 7.05. The number of quaternary nitrogens is 2. The third-order valence-electron chi connectivity index (χ3n) is 15.1. The van der Waals surface area contributed by atoms with Gasteiger partial charge in [-0.15, -0.1) is 0 Å². The fourth-order valence-electron chi connectivity index (χ4n) is 15.0. The summed E-state index contributed by atoms with van der Waals surface area (Å²) in [4.78, 5) is 0. The predicted molar refractivity (Wildman–Crippen MR) is 234 cm³/mol. The van der Waals surface area contributed by atoms with E-state index in [2.05, 4.69) is 139 Å². The molecule has 0 spiro atoms. The van der Waals surface area contributed by atoms with E-state index in [0.29, 0.717) is 0 Å². The summed E-state index contributed by atoms with van der Waals surface area (Å²) in [5, 5.41) is 3.14. The molecule has 292 valence electrons. The predicted octanol–water partition coefficient (Wildman–Crippen LogP) is 5.10. The van der Waals surface area contributed by atoms with Gasteiger partial charge in [0.1, 0.15) is 0 Å². The van der Waals surface area contributed by atoms with Gasteiger partial charge in [0.2, 0.25) is 0 Å². The summed E-state index contributed by atoms with van der Waals surface area (Å²) < 4.78 is 44.4. The summed E-state index contributed by atoms with van der Waals surface area (Å²) in [6.07, 6.45) is 0. The first-order valence-corrected chi connectivity index (χ1v) is 48.5. The van der Waals surface area contributed by atoms with Crippen LogP contribution >= 0.6 is 0 Å². The molecule has 0 unspecified atom stereocenters. The van der Waals surface area contributed by atoms with Crippen LogP contribution in [0.15, 0.2) is 60.7 Å². The van der Waals surface area contributed by atoms with E-state index >= 15 is 0 Å². The van der Waals surface area contributed by atoms with Crippen LogP contribution in [0.25, 0.3) is 0 Å². The van der Waals surface area contributed by atoms with Crippen LogP contribution in [-0.4, -0.2) is 146 Å². The first-order valence-electron chi connectivity index (χ1n) is 20.1. The van der Waals surface area contributed by atoms with Crippen molar-refractivity contribution in [2.75, 3.05) is 78.9 Å². The van der Waals surface area contributed by atoms with E-state index in [4.69, 9.17) is 26.6 Å². The first-order chi connectivity index (χ1) is 24.1. The molecule has 6 aliphatic heterocycles. The Kier molecular flexibility index (Phi) is 9.39. The van der Waals surface area contributed by atoms with Crippen LogP contribution in [0.4, 0.5) is 0 Å². The van der Waals surface area contributed by atoms with Crippen molar-refractivity contribution in [3.05, 3.63) is 60.7 Å². The van der Waals surface area contributed by atoms with Crippen LogP contribution in [-0.2, 0) is 26.6 Å². The average molecular weight is 852 g/mol. The Labute approximate surface area is 320 Å². The van der Waals surface area contributed by atoms with Crippen molar-refractivity contribution in [1.82, 2.24) is 0 Å². The second kappa shape index (κ2) is 12.2. The molecule has 6 saturated heterocycles. The third kappa shape index (κ3) is 4.33. The minimum absolute atomic E-state index is 0.824. The van der Waals surface area contributed by atoms with Crippen molar-refractivity contribution in [3.8, 4) is 0 Å². The molecule has 0 amide bonds. The van der Waals surface area contributed by atoms with Crippen molar-refractivity contribution < 1.29 is 34.9 Å². The minimum atomic E-state index is -3.59. The molecule has 6 aliphatic rings. The van der Waals surface area contributed by atoms with Gasteiger partial charge < -0.3 is 0 Å². The zero-order chi connectivity index (χ0) is 37.8. The molecule has 8 nitrogen and oxygen atoms in total. The summed E-state index contributed by atoms with van der Waals surface area (Å²) >= 11 is 0. The van der Waals surface area contributed by atoms with Gasteiger partial charge >= 0.3 is 323 Å². The Hall–Kier alpha value is -0.145. The maximum atomic E-state index is 7.05. The molecule has 8 rings (SSSR count). The molecule has 16 heteroatoms. The molecule has 0 aromatic heterocycles. The molecule has 0 aliphatic carbocycles. The Balaban J connectivity index is 0.000000162. The summed E-state index contributed by atoms with van der Waals surface area (Å²) in [5.41, 5.74) is 0. The van der Waals surface area contributed by atoms with Crippen molar-refractivity contribution >= 4 is 69.5 Å². The van der Waals surface area contributed by atoms with E-state index in [1.165, 1.54) is 0 Å². The van der Waals surface area contributed by atoms with Crippen molar-refractivity contribution in [2.45, 2.75) is 78.6 Å². The molecular weight excluding hydrogens is 781 g/mol. The van der Waals surface area contributed by atoms with E-state index in [0.717, 1.165) is 87.2 Å². The molecule has 0 bridgehead atoms. The molecule has 0 radical (unpaired) electrons. The normalized spacial score (nSPS) is 31.8. The molecule has 2 aromatic rings. The quantitative estimate of drug-likeness (QED) is 0.345. The molecular formula is C36H70N2O6Si8. The fourth-order valence-corrected chi connectivity index (χ4v) is 200. The SMILES string of the molecule is C[Si](C)(C)[Si](c1ccccc1)([Si](C)(C)C)[Si-]123OCC[N+]1(CCO2)CCO3.C[Si](C)(C)[Si](c1ccccc1)([Si](C)(C)C)[Si-]123OCC[N+]1(CCO2)CCO3. The summed E-state index contributed by atoms with van der Waals surface area (Å²) in [6.45, 7) is 38.2. The molecule has 0 N–H and O–H groups in total. The van der Waals surface area contributed by atoms with Crippen molar-refractivity contribution in [1.29, 1.82) is 0 Å². The van der Waals surface area contributed by atoms with Gasteiger partial charge in [0, 0.05) is 0 Å². The number of nitrogens with zero attached hydrogens (tertiary/aromatic N) is 2. The molecule has 6 fully saturated rings. The van der Waals surface area contributed by atoms with E-state index < -0.39 is 59.1 Å². The average Bonchev–Trinajstić information content (AvgIpc) is 3.78. The van der Waals surface area contributed by atoms with Crippen LogP contribution in [0, 0.1) is 0 Å². The molecule has 6 heterocycles. The Morgan fingerprint density at radius 1 is 0.365 bits per heavy atom. The van der Waals surface area contributed by atoms with E-state index in [9.17, 15) is 0 Å². The standard InChI is InChI=1S/2C18H35NO3Si4/c2*1-23(2,3)25(24(4,5)6,18-10-8-7-9-11-18)26-19(12-15-20-26,13-16-21-26)14-17-22-26/h2*7-11H,12-17H2,1-6H3. The zero-order valence-corrected chi connectivity index (χ0v) is 42.6. The van der Waals surface area contributed by atoms with Crippen molar-refractivity contribution in [3.63, 3.8) is 0 Å². The molecule has 0 saturated carbocycles. The van der Waals surface area contributed by atoms with Crippen molar-refractivity contribution in [2.24, 2.45) is 0 Å². The van der Waals surface area contributed by atoms with Gasteiger partial charge in [-0.05, 0) is 0 Å². The Morgan fingerprint density at radius 2 is 0.577 bits per heavy atom. The van der Waals surface area contributed by atoms with Crippen LogP contribution < -0.4 is 10.4 Å². The Bertz CT molecular complexity index is 1460. The number of hydrogen-bond donors (Lipinski definition) is 0. The second-order valence-electron chi connectivity index (χ2n) is 20.8. The van der Waals surface area contributed by atoms with Gasteiger partial charge in [0.25, 0.3) is 0 Å². The summed E-state index contributed by atoms with van der Waals surface area (Å²) in [5.74, 6) is 0. The topological polar surface area (TPSA) is 55.4 Å². The van der Waals surface area contributed by atoms with Gasteiger partial charge in [-0.2, -0.15) is 0 Å². The van der Waals surface area contributed by atoms with Gasteiger partial charge in [0.15, 0.2) is 0 Å². The first kappa shape index (κ1) is 40.1. The number of rotatable bonds is 8. The number of hydrogen-bond acceptors (Lipinski definition) is 6. The van der Waals surface area contributed by atoms with Crippen LogP contribution in [0.5, 0.6) is 0 Å². The zero-order valence-electron chi connectivity index (χ0n) is 34.6. The van der Waals surface area contributed by atoms with Crippen LogP contribution in [0.1, 0.15) is 0 Å². The van der Waals surface area contributed by atoms with Gasteiger partial charge in [-0.1, -0.05) is 0 Å². The summed E-state index contributed by atoms with van der Waals surface area (Å²) in [7, 11) is -14.0. The monoisotopic (exact) mass is 850 g/mol. The third-order valence-corrected chi connectivity index (χ3v) is 152. The van der Waals surface area contributed by atoms with Gasteiger partial charge in [-0.25, -0.2) is 0 Å². The van der Waals surface area contributed by atoms with E-state index in [1.54, 1.807) is 10.4 Å². The van der Waals surface area contributed by atoms with Crippen LogP contribution in [0.2, 0.25) is 78.6 Å². The Morgan fingerprint density at radius 3 is 0.769 bits per heavy atom. The van der Waals surface area contributed by atoms with E-state index in [1.807, 2.05) is 0 Å². The number of benzene rings is 2. The molecule has 2 aromatic carbocycles. The fraction of sp³-hybridized carbons (Fsp3) is 0.667. The van der Waals surface area contributed by atoms with E-state index in [-0.39, 0.29) is 0 Å².